The number of hydrogen-bond donors (Lipinski definition) is 1. The number of aliphatic imine (C=N–C) groups is 1. The van der Waals surface area contributed by atoms with Crippen molar-refractivity contribution in [3.8, 4) is 0 Å². The predicted molar refractivity (Wildman–Crippen MR) is 118 cm³/mol. The maximum absolute atomic E-state index is 13.4. The molecule has 2 aliphatic rings. The number of hydrogen-bond acceptors (Lipinski definition) is 3. The van der Waals surface area contributed by atoms with Gasteiger partial charge in [0.05, 0.1) is 23.3 Å². The number of anilines is 1. The summed E-state index contributed by atoms with van der Waals surface area (Å²) in [7, 11) is 0. The van der Waals surface area contributed by atoms with E-state index < -0.39 is 0 Å². The first kappa shape index (κ1) is 17.9. The van der Waals surface area contributed by atoms with Crippen LogP contribution in [0.15, 0.2) is 83.9 Å². The summed E-state index contributed by atoms with van der Waals surface area (Å²) < 4.78 is 0. The van der Waals surface area contributed by atoms with E-state index in [1.807, 2.05) is 36.4 Å². The second-order valence-electron chi connectivity index (χ2n) is 8.11. The highest BCUT2D eigenvalue weighted by atomic mass is 16.1. The van der Waals surface area contributed by atoms with Crippen LogP contribution in [0.5, 0.6) is 0 Å². The minimum Gasteiger partial charge on any atom is -0.375 e. The quantitative estimate of drug-likeness (QED) is 0.593. The fraction of sp³-hybridized carbons (Fsp3) is 0.231. The summed E-state index contributed by atoms with van der Waals surface area (Å²) in [4.78, 5) is 18.5. The van der Waals surface area contributed by atoms with Gasteiger partial charge in [-0.05, 0) is 42.5 Å². The van der Waals surface area contributed by atoms with Crippen molar-refractivity contribution in [2.75, 3.05) is 5.32 Å². The summed E-state index contributed by atoms with van der Waals surface area (Å²) in [6, 6.07) is 26.9. The second-order valence-corrected chi connectivity index (χ2v) is 8.11. The van der Waals surface area contributed by atoms with E-state index in [0.29, 0.717) is 6.42 Å². The van der Waals surface area contributed by atoms with Crippen molar-refractivity contribution in [2.45, 2.75) is 31.7 Å². The molecule has 0 bridgehead atoms. The first-order valence-corrected chi connectivity index (χ1v) is 10.3. The van der Waals surface area contributed by atoms with Crippen LogP contribution in [0, 0.1) is 12.8 Å². The van der Waals surface area contributed by atoms with Crippen LogP contribution in [0.1, 0.15) is 41.5 Å². The summed E-state index contributed by atoms with van der Waals surface area (Å²) in [5.41, 5.74) is 6.50. The average Bonchev–Trinajstić information content (AvgIpc) is 2.92. The minimum absolute atomic E-state index is 0.0925. The van der Waals surface area contributed by atoms with Crippen molar-refractivity contribution < 1.29 is 4.79 Å². The molecule has 3 atom stereocenters. The van der Waals surface area contributed by atoms with Crippen LogP contribution >= 0.6 is 0 Å². The van der Waals surface area contributed by atoms with Crippen LogP contribution < -0.4 is 5.32 Å². The lowest BCUT2D eigenvalue weighted by Gasteiger charge is -2.34. The molecule has 3 aromatic rings. The van der Waals surface area contributed by atoms with E-state index in [-0.39, 0.29) is 23.7 Å². The molecule has 3 nitrogen and oxygen atoms in total. The normalized spacial score (nSPS) is 23.3. The Morgan fingerprint density at radius 3 is 2.34 bits per heavy atom. The minimum atomic E-state index is -0.230. The Balaban J connectivity index is 1.58. The van der Waals surface area contributed by atoms with Crippen LogP contribution in [-0.4, -0.2) is 11.5 Å². The number of rotatable bonds is 2. The third-order valence-electron chi connectivity index (χ3n) is 6.13. The van der Waals surface area contributed by atoms with Crippen molar-refractivity contribution in [1.29, 1.82) is 0 Å². The summed E-state index contributed by atoms with van der Waals surface area (Å²) in [6.45, 7) is 2.09. The molecule has 0 aromatic heterocycles. The van der Waals surface area contributed by atoms with Gasteiger partial charge in [-0.3, -0.25) is 9.79 Å². The van der Waals surface area contributed by atoms with Gasteiger partial charge in [-0.15, -0.1) is 0 Å². The lowest BCUT2D eigenvalue weighted by Crippen LogP contribution is -2.38. The summed E-state index contributed by atoms with van der Waals surface area (Å²) >= 11 is 0. The molecule has 0 saturated heterocycles. The Kier molecular flexibility index (Phi) is 4.51. The fourth-order valence-electron chi connectivity index (χ4n) is 4.61. The van der Waals surface area contributed by atoms with Gasteiger partial charge in [-0.1, -0.05) is 72.3 Å². The number of ketones is 1. The van der Waals surface area contributed by atoms with E-state index >= 15 is 0 Å². The molecule has 29 heavy (non-hydrogen) atoms. The van der Waals surface area contributed by atoms with E-state index in [9.17, 15) is 4.79 Å². The number of fused-ring (bicyclic) bond motifs is 2. The number of aryl methyl sites for hydroxylation is 1. The zero-order chi connectivity index (χ0) is 19.8. The molecule has 1 heterocycles. The SMILES string of the molecule is Cc1ccc([C@H]2CC(=O)C3C(=Nc4ccccc4N[C@@H]3c3ccccc3)C2)cc1. The third-order valence-corrected chi connectivity index (χ3v) is 6.13. The van der Waals surface area contributed by atoms with Crippen LogP contribution in [0.4, 0.5) is 11.4 Å². The van der Waals surface area contributed by atoms with Crippen molar-refractivity contribution in [3.63, 3.8) is 0 Å². The van der Waals surface area contributed by atoms with Gasteiger partial charge in [-0.2, -0.15) is 0 Å². The maximum atomic E-state index is 13.4. The predicted octanol–water partition coefficient (Wildman–Crippen LogP) is 6.00. The molecule has 144 valence electrons. The van der Waals surface area contributed by atoms with Gasteiger partial charge in [0.25, 0.3) is 0 Å². The third kappa shape index (κ3) is 3.38. The molecule has 1 fully saturated rings. The molecule has 1 N–H and O–H groups in total. The number of carbonyl (C=O) groups is 1. The van der Waals surface area contributed by atoms with E-state index in [1.54, 1.807) is 0 Å². The second kappa shape index (κ2) is 7.32. The van der Waals surface area contributed by atoms with E-state index in [0.717, 1.165) is 29.1 Å². The Morgan fingerprint density at radius 2 is 1.55 bits per heavy atom. The van der Waals surface area contributed by atoms with Crippen molar-refractivity contribution in [3.05, 3.63) is 95.6 Å². The van der Waals surface area contributed by atoms with E-state index in [4.69, 9.17) is 4.99 Å². The number of carbonyl (C=O) groups excluding carboxylic acids is 1. The summed E-state index contributed by atoms with van der Waals surface area (Å²) in [6.07, 6.45) is 1.38. The first-order valence-electron chi connectivity index (χ1n) is 10.3. The molecule has 0 spiro atoms. The molecular weight excluding hydrogens is 356 g/mol. The molecule has 1 unspecified atom stereocenters. The van der Waals surface area contributed by atoms with Gasteiger partial charge in [0.1, 0.15) is 5.78 Å². The zero-order valence-corrected chi connectivity index (χ0v) is 16.5. The van der Waals surface area contributed by atoms with Crippen LogP contribution in [0.25, 0.3) is 0 Å². The Labute approximate surface area is 171 Å². The van der Waals surface area contributed by atoms with Gasteiger partial charge in [-0.25, -0.2) is 0 Å². The highest BCUT2D eigenvalue weighted by molar-refractivity contribution is 6.10. The smallest absolute Gasteiger partial charge is 0.144 e. The van der Waals surface area contributed by atoms with Gasteiger partial charge < -0.3 is 5.32 Å². The van der Waals surface area contributed by atoms with Gasteiger partial charge in [0, 0.05) is 12.1 Å². The van der Waals surface area contributed by atoms with Gasteiger partial charge >= 0.3 is 0 Å². The maximum Gasteiger partial charge on any atom is 0.144 e. The molecule has 3 aromatic carbocycles. The highest BCUT2D eigenvalue weighted by Gasteiger charge is 2.41. The van der Waals surface area contributed by atoms with Crippen molar-refractivity contribution in [2.24, 2.45) is 10.9 Å². The Hall–Kier alpha value is -3.20. The topological polar surface area (TPSA) is 41.5 Å². The number of nitrogens with zero attached hydrogens (tertiary/aromatic N) is 1. The van der Waals surface area contributed by atoms with Gasteiger partial charge in [0.15, 0.2) is 0 Å². The molecule has 1 saturated carbocycles. The van der Waals surface area contributed by atoms with Crippen LogP contribution in [-0.2, 0) is 4.79 Å². The van der Waals surface area contributed by atoms with Crippen LogP contribution in [0.2, 0.25) is 0 Å². The number of nitrogens with one attached hydrogen (secondary N) is 1. The molecule has 3 heteroatoms. The number of para-hydroxylation sites is 2. The fourth-order valence-corrected chi connectivity index (χ4v) is 4.61. The summed E-state index contributed by atoms with van der Waals surface area (Å²) in [5.74, 6) is 0.237. The zero-order valence-electron chi connectivity index (χ0n) is 16.5. The van der Waals surface area contributed by atoms with Gasteiger partial charge in [0.2, 0.25) is 0 Å². The molecule has 5 rings (SSSR count). The molecule has 0 amide bonds. The Bertz CT molecular complexity index is 1070. The molecule has 1 aliphatic carbocycles. The largest absolute Gasteiger partial charge is 0.375 e. The standard InChI is InChI=1S/C26H24N2O/c1-17-11-13-18(14-12-17)20-15-23-25(24(29)16-20)26(19-7-3-2-4-8-19)28-22-10-6-5-9-21(22)27-23/h2-14,20,25-26,28H,15-16H2,1H3/t20-,25?,26-/m1/s1. The number of Topliss-reactive ketones (excluding diaryl/α,β-unsaturated/α-hetero) is 1. The molecule has 1 aliphatic heterocycles. The monoisotopic (exact) mass is 380 g/mol. The van der Waals surface area contributed by atoms with Crippen molar-refractivity contribution in [1.82, 2.24) is 0 Å². The number of benzene rings is 3. The average molecular weight is 380 g/mol. The first-order chi connectivity index (χ1) is 14.2. The van der Waals surface area contributed by atoms with E-state index in [1.165, 1.54) is 11.1 Å². The lowest BCUT2D eigenvalue weighted by molar-refractivity contribution is -0.122. The molecule has 0 radical (unpaired) electrons. The Morgan fingerprint density at radius 1 is 0.828 bits per heavy atom. The highest BCUT2D eigenvalue weighted by Crippen LogP contribution is 2.43. The lowest BCUT2D eigenvalue weighted by atomic mass is 9.72. The van der Waals surface area contributed by atoms with Crippen LogP contribution in [0.3, 0.4) is 0 Å². The van der Waals surface area contributed by atoms with Crippen molar-refractivity contribution >= 4 is 22.9 Å². The summed E-state index contributed by atoms with van der Waals surface area (Å²) in [5, 5.41) is 3.63. The molecular formula is C26H24N2O. The van der Waals surface area contributed by atoms with E-state index in [2.05, 4.69) is 54.7 Å².